The van der Waals surface area contributed by atoms with Crippen molar-refractivity contribution in [3.05, 3.63) is 71.0 Å². The summed E-state index contributed by atoms with van der Waals surface area (Å²) in [4.78, 5) is 21.0. The van der Waals surface area contributed by atoms with E-state index in [0.29, 0.717) is 31.0 Å². The zero-order chi connectivity index (χ0) is 23.5. The minimum absolute atomic E-state index is 0.0350. The van der Waals surface area contributed by atoms with E-state index in [9.17, 15) is 13.2 Å². The molecule has 0 atom stereocenters. The first-order valence-corrected chi connectivity index (χ1v) is 13.7. The van der Waals surface area contributed by atoms with Crippen LogP contribution in [-0.4, -0.2) is 47.3 Å². The van der Waals surface area contributed by atoms with Crippen molar-refractivity contribution in [2.75, 3.05) is 6.54 Å². The first-order valence-electron chi connectivity index (χ1n) is 11.4. The van der Waals surface area contributed by atoms with Gasteiger partial charge in [0.05, 0.1) is 11.8 Å². The third-order valence-electron chi connectivity index (χ3n) is 6.36. The van der Waals surface area contributed by atoms with Gasteiger partial charge >= 0.3 is 0 Å². The molecule has 3 heterocycles. The van der Waals surface area contributed by atoms with Gasteiger partial charge in [0.2, 0.25) is 5.88 Å². The Kier molecular flexibility index (Phi) is 6.62. The number of amides is 1. The number of sulfonamides is 1. The number of hydrogen-bond acceptors (Lipinski definition) is 7. The van der Waals surface area contributed by atoms with E-state index < -0.39 is 10.0 Å². The Balaban J connectivity index is 1.17. The van der Waals surface area contributed by atoms with Crippen LogP contribution >= 0.6 is 11.3 Å². The number of nitrogens with zero attached hydrogens (tertiary/aromatic N) is 3. The van der Waals surface area contributed by atoms with E-state index in [1.54, 1.807) is 24.0 Å². The SMILES string of the molecule is O=C(NC1CCC(Oc2cnccn2)CC1)c1csc(S(=O)(=O)N2CCc3ccccc3C2)c1. The Bertz CT molecular complexity index is 1250. The topological polar surface area (TPSA) is 101 Å². The number of carbonyl (C=O) groups is 1. The monoisotopic (exact) mass is 498 g/mol. The molecule has 2 aromatic heterocycles. The fraction of sp³-hybridized carbons (Fsp3) is 0.375. The van der Waals surface area contributed by atoms with Crippen molar-refractivity contribution < 1.29 is 17.9 Å². The summed E-state index contributed by atoms with van der Waals surface area (Å²) in [6.45, 7) is 0.802. The second-order valence-electron chi connectivity index (χ2n) is 8.62. The molecule has 1 saturated carbocycles. The van der Waals surface area contributed by atoms with Gasteiger partial charge in [0, 0.05) is 36.9 Å². The summed E-state index contributed by atoms with van der Waals surface area (Å²) in [6, 6.07) is 9.45. The van der Waals surface area contributed by atoms with Crippen LogP contribution < -0.4 is 10.1 Å². The van der Waals surface area contributed by atoms with Crippen LogP contribution in [0.4, 0.5) is 0 Å². The van der Waals surface area contributed by atoms with Crippen LogP contribution in [0.3, 0.4) is 0 Å². The van der Waals surface area contributed by atoms with Crippen LogP contribution in [0, 0.1) is 0 Å². The van der Waals surface area contributed by atoms with E-state index >= 15 is 0 Å². The second-order valence-corrected chi connectivity index (χ2v) is 11.7. The molecule has 0 unspecified atom stereocenters. The van der Waals surface area contributed by atoms with Crippen molar-refractivity contribution in [1.82, 2.24) is 19.6 Å². The van der Waals surface area contributed by atoms with Crippen molar-refractivity contribution in [3.8, 4) is 5.88 Å². The lowest BCUT2D eigenvalue weighted by atomic mass is 9.93. The van der Waals surface area contributed by atoms with Gasteiger partial charge < -0.3 is 10.1 Å². The van der Waals surface area contributed by atoms with Gasteiger partial charge in [-0.2, -0.15) is 4.31 Å². The van der Waals surface area contributed by atoms with Gasteiger partial charge in [0.1, 0.15) is 10.3 Å². The van der Waals surface area contributed by atoms with Crippen molar-refractivity contribution >= 4 is 27.3 Å². The Hall–Kier alpha value is -2.82. The van der Waals surface area contributed by atoms with E-state index in [1.807, 2.05) is 24.3 Å². The summed E-state index contributed by atoms with van der Waals surface area (Å²) in [6.07, 6.45) is 8.74. The Morgan fingerprint density at radius 1 is 1.12 bits per heavy atom. The van der Waals surface area contributed by atoms with Crippen LogP contribution in [0.1, 0.15) is 47.2 Å². The van der Waals surface area contributed by atoms with Gasteiger partial charge in [-0.25, -0.2) is 13.4 Å². The average molecular weight is 499 g/mol. The van der Waals surface area contributed by atoms with Gasteiger partial charge in [0.25, 0.3) is 15.9 Å². The maximum Gasteiger partial charge on any atom is 0.252 e. The first-order chi connectivity index (χ1) is 16.5. The number of benzene rings is 1. The molecule has 0 saturated heterocycles. The maximum atomic E-state index is 13.2. The summed E-state index contributed by atoms with van der Waals surface area (Å²) >= 11 is 1.10. The molecule has 1 fully saturated rings. The first kappa shape index (κ1) is 22.9. The zero-order valence-electron chi connectivity index (χ0n) is 18.6. The van der Waals surface area contributed by atoms with Gasteiger partial charge in [0.15, 0.2) is 0 Å². The summed E-state index contributed by atoms with van der Waals surface area (Å²) in [5, 5.41) is 4.68. The van der Waals surface area contributed by atoms with Gasteiger partial charge in [-0.05, 0) is 49.3 Å². The Morgan fingerprint density at radius 2 is 1.91 bits per heavy atom. The van der Waals surface area contributed by atoms with E-state index in [4.69, 9.17) is 4.74 Å². The molecule has 1 aliphatic carbocycles. The predicted octanol–water partition coefficient (Wildman–Crippen LogP) is 3.41. The van der Waals surface area contributed by atoms with Gasteiger partial charge in [-0.15, -0.1) is 11.3 Å². The number of carbonyl (C=O) groups excluding carboxylic acids is 1. The Morgan fingerprint density at radius 3 is 2.68 bits per heavy atom. The highest BCUT2D eigenvalue weighted by Gasteiger charge is 2.30. The number of thiophene rings is 1. The number of rotatable bonds is 6. The molecule has 0 radical (unpaired) electrons. The molecule has 10 heteroatoms. The molecule has 1 aliphatic heterocycles. The van der Waals surface area contributed by atoms with E-state index in [2.05, 4.69) is 15.3 Å². The highest BCUT2D eigenvalue weighted by Crippen LogP contribution is 2.29. The molecule has 0 spiro atoms. The van der Waals surface area contributed by atoms with Crippen molar-refractivity contribution in [1.29, 1.82) is 0 Å². The van der Waals surface area contributed by atoms with Crippen LogP contribution in [0.15, 0.2) is 58.5 Å². The zero-order valence-corrected chi connectivity index (χ0v) is 20.2. The quantitative estimate of drug-likeness (QED) is 0.559. The minimum Gasteiger partial charge on any atom is -0.473 e. The van der Waals surface area contributed by atoms with E-state index in [0.717, 1.165) is 42.6 Å². The minimum atomic E-state index is -3.64. The Labute approximate surface area is 203 Å². The molecule has 34 heavy (non-hydrogen) atoms. The lowest BCUT2D eigenvalue weighted by molar-refractivity contribution is 0.0890. The lowest BCUT2D eigenvalue weighted by Crippen LogP contribution is -2.39. The number of fused-ring (bicyclic) bond motifs is 1. The fourth-order valence-corrected chi connectivity index (χ4v) is 7.22. The normalized spacial score (nSPS) is 20.9. The highest BCUT2D eigenvalue weighted by atomic mass is 32.2. The maximum absolute atomic E-state index is 13.2. The molecule has 1 N–H and O–H groups in total. The summed E-state index contributed by atoms with van der Waals surface area (Å²) in [5.41, 5.74) is 2.61. The average Bonchev–Trinajstić information content (AvgIpc) is 3.37. The fourth-order valence-electron chi connectivity index (χ4n) is 4.48. The number of aromatic nitrogens is 2. The molecular formula is C24H26N4O4S2. The van der Waals surface area contributed by atoms with Crippen molar-refractivity contribution in [3.63, 3.8) is 0 Å². The molecule has 0 bridgehead atoms. The van der Waals surface area contributed by atoms with Crippen LogP contribution in [-0.2, 0) is 23.0 Å². The van der Waals surface area contributed by atoms with E-state index in [-0.39, 0.29) is 22.3 Å². The second kappa shape index (κ2) is 9.81. The summed E-state index contributed by atoms with van der Waals surface area (Å²) in [5.74, 6) is 0.277. The molecule has 5 rings (SSSR count). The van der Waals surface area contributed by atoms with Gasteiger partial charge in [-0.1, -0.05) is 24.3 Å². The molecule has 1 aromatic carbocycles. The molecule has 8 nitrogen and oxygen atoms in total. The highest BCUT2D eigenvalue weighted by molar-refractivity contribution is 7.91. The molecule has 1 amide bonds. The molecule has 178 valence electrons. The van der Waals surface area contributed by atoms with E-state index in [1.165, 1.54) is 15.9 Å². The number of nitrogens with one attached hydrogen (secondary N) is 1. The predicted molar refractivity (Wildman–Crippen MR) is 128 cm³/mol. The van der Waals surface area contributed by atoms with Crippen LogP contribution in [0.5, 0.6) is 5.88 Å². The largest absolute Gasteiger partial charge is 0.473 e. The third-order valence-corrected chi connectivity index (χ3v) is 9.62. The molecular weight excluding hydrogens is 472 g/mol. The summed E-state index contributed by atoms with van der Waals surface area (Å²) in [7, 11) is -3.64. The number of ether oxygens (including phenoxy) is 1. The lowest BCUT2D eigenvalue weighted by Gasteiger charge is -2.29. The van der Waals surface area contributed by atoms with Gasteiger partial charge in [-0.3, -0.25) is 9.78 Å². The molecule has 3 aromatic rings. The van der Waals surface area contributed by atoms with Crippen LogP contribution in [0.25, 0.3) is 0 Å². The smallest absolute Gasteiger partial charge is 0.252 e. The molecule has 2 aliphatic rings. The van der Waals surface area contributed by atoms with Crippen LogP contribution in [0.2, 0.25) is 0 Å². The van der Waals surface area contributed by atoms with Crippen molar-refractivity contribution in [2.45, 2.75) is 55.0 Å². The number of hydrogen-bond donors (Lipinski definition) is 1. The van der Waals surface area contributed by atoms with Crippen molar-refractivity contribution in [2.24, 2.45) is 0 Å². The third kappa shape index (κ3) is 4.98. The standard InChI is InChI=1S/C24H26N4O4S2/c29-24(27-20-5-7-21(8-6-20)32-22-14-25-10-11-26-22)19-13-23(33-16-19)34(30,31)28-12-9-17-3-1-2-4-18(17)15-28/h1-4,10-11,13-14,16,20-21H,5-9,12,15H2,(H,27,29). The summed E-state index contributed by atoms with van der Waals surface area (Å²) < 4.78 is 33.9.